The summed E-state index contributed by atoms with van der Waals surface area (Å²) in [6, 6.07) is 0. The van der Waals surface area contributed by atoms with Gasteiger partial charge in [-0.25, -0.2) is 0 Å². The van der Waals surface area contributed by atoms with Crippen molar-refractivity contribution in [3.05, 3.63) is 0 Å². The molecule has 0 fully saturated rings. The minimum absolute atomic E-state index is 0.910. The second kappa shape index (κ2) is 2.41. The van der Waals surface area contributed by atoms with Crippen molar-refractivity contribution in [1.29, 1.82) is 0 Å². The molecule has 44 valence electrons. The predicted molar refractivity (Wildman–Crippen MR) is 31.0 cm³/mol. The van der Waals surface area contributed by atoms with Crippen molar-refractivity contribution in [3.8, 4) is 0 Å². The number of hydrogen-bond donors (Lipinski definition) is 3. The highest BCUT2D eigenvalue weighted by molar-refractivity contribution is 9.24. The molecule has 0 heterocycles. The van der Waals surface area contributed by atoms with Gasteiger partial charge in [-0.2, -0.15) is 0 Å². The van der Waals surface area contributed by atoms with Crippen molar-refractivity contribution in [2.24, 2.45) is 0 Å². The zero-order chi connectivity index (χ0) is 6.08. The van der Waals surface area contributed by atoms with E-state index in [2.05, 4.69) is 31.9 Å². The molecule has 0 aliphatic rings. The molecule has 0 saturated carbocycles. The Kier molecular flexibility index (Phi) is 2.70. The average Bonchev–Trinajstić information content (AvgIpc) is 1.31. The van der Waals surface area contributed by atoms with Crippen molar-refractivity contribution in [3.63, 3.8) is 0 Å². The molecule has 0 aromatic rings. The van der Waals surface area contributed by atoms with Gasteiger partial charge in [0.1, 0.15) is 0 Å². The van der Waals surface area contributed by atoms with Crippen LogP contribution in [0.1, 0.15) is 0 Å². The average molecular weight is 236 g/mol. The van der Waals surface area contributed by atoms with Crippen molar-refractivity contribution in [1.82, 2.24) is 0 Å². The molecule has 0 aliphatic heterocycles. The summed E-state index contributed by atoms with van der Waals surface area (Å²) in [5, 5.41) is 24.3. The van der Waals surface area contributed by atoms with Gasteiger partial charge in [-0.3, -0.25) is 0 Å². The van der Waals surface area contributed by atoms with Crippen molar-refractivity contribution in [2.45, 2.75) is 9.71 Å². The molecule has 0 unspecified atom stereocenters. The number of rotatable bonds is 1. The Morgan fingerprint density at radius 1 is 1.14 bits per heavy atom. The van der Waals surface area contributed by atoms with Gasteiger partial charge in [-0.1, -0.05) is 31.9 Å². The summed E-state index contributed by atoms with van der Waals surface area (Å²) in [7, 11) is 0. The molecule has 0 rings (SSSR count). The van der Waals surface area contributed by atoms with Gasteiger partial charge in [0, 0.05) is 0 Å². The summed E-state index contributed by atoms with van der Waals surface area (Å²) < 4.78 is -0.910. The van der Waals surface area contributed by atoms with E-state index in [1.807, 2.05) is 0 Å². The minimum Gasteiger partial charge on any atom is -0.342 e. The van der Waals surface area contributed by atoms with E-state index in [-0.39, 0.29) is 0 Å². The molecule has 3 N–H and O–H groups in total. The van der Waals surface area contributed by atoms with Gasteiger partial charge in [0.15, 0.2) is 3.74 Å². The Balaban J connectivity index is 3.54. The molecule has 0 atom stereocenters. The van der Waals surface area contributed by atoms with Crippen LogP contribution in [0.3, 0.4) is 0 Å². The molecule has 0 spiro atoms. The third-order valence-electron chi connectivity index (χ3n) is 0.293. The highest BCUT2D eigenvalue weighted by Crippen LogP contribution is 2.17. The number of hydrogen-bond acceptors (Lipinski definition) is 3. The molecule has 0 aliphatic carbocycles. The normalized spacial score (nSPS) is 12.9. The molecule has 0 bridgehead atoms. The van der Waals surface area contributed by atoms with E-state index in [9.17, 15) is 0 Å². The van der Waals surface area contributed by atoms with Gasteiger partial charge in [0.05, 0.1) is 0 Å². The van der Waals surface area contributed by atoms with Crippen LogP contribution in [-0.2, 0) is 0 Å². The summed E-state index contributed by atoms with van der Waals surface area (Å²) in [6.07, 6.45) is 0. The predicted octanol–water partition coefficient (Wildman–Crippen LogP) is -0.267. The maximum absolute atomic E-state index is 8.11. The first-order valence-corrected chi connectivity index (χ1v) is 3.23. The lowest BCUT2D eigenvalue weighted by molar-refractivity contribution is -0.296. The lowest BCUT2D eigenvalue weighted by Crippen LogP contribution is -2.33. The Morgan fingerprint density at radius 2 is 1.29 bits per heavy atom. The van der Waals surface area contributed by atoms with E-state index >= 15 is 0 Å². The second-order valence-corrected chi connectivity index (χ2v) is 4.05. The molecule has 0 aromatic carbocycles. The van der Waals surface area contributed by atoms with Crippen LogP contribution >= 0.6 is 31.9 Å². The molecule has 7 heavy (non-hydrogen) atoms. The molecule has 0 amide bonds. The molecular weight excluding hydrogens is 232 g/mol. The van der Waals surface area contributed by atoms with E-state index in [4.69, 9.17) is 15.3 Å². The zero-order valence-corrected chi connectivity index (χ0v) is 6.35. The summed E-state index contributed by atoms with van der Waals surface area (Å²) in [5.41, 5.74) is 0. The Hall–Kier alpha value is 0.840. The molecule has 0 saturated heterocycles. The summed E-state index contributed by atoms with van der Waals surface area (Å²) in [4.78, 5) is 0. The van der Waals surface area contributed by atoms with Crippen LogP contribution in [0.25, 0.3) is 0 Å². The molecular formula is C2H4Br2O3. The molecule has 0 aromatic heterocycles. The smallest absolute Gasteiger partial charge is 0.299 e. The van der Waals surface area contributed by atoms with Crippen molar-refractivity contribution >= 4 is 31.9 Å². The fraction of sp³-hybridized carbons (Fsp3) is 1.00. The lowest BCUT2D eigenvalue weighted by atomic mass is 10.7. The standard InChI is InChI=1S/C2H4Br2O3/c3-1(4)2(5,6)7/h1,5-7H. The Bertz CT molecular complexity index is 56.4. The first-order chi connectivity index (χ1) is 2.94. The third kappa shape index (κ3) is 3.42. The first kappa shape index (κ1) is 7.84. The lowest BCUT2D eigenvalue weighted by Gasteiger charge is -2.13. The van der Waals surface area contributed by atoms with Crippen LogP contribution in [0, 0.1) is 0 Å². The quantitative estimate of drug-likeness (QED) is 0.434. The topological polar surface area (TPSA) is 60.7 Å². The van der Waals surface area contributed by atoms with E-state index in [0.29, 0.717) is 0 Å². The fourth-order valence-electron chi connectivity index (χ4n) is 0. The monoisotopic (exact) mass is 234 g/mol. The molecule has 3 nitrogen and oxygen atoms in total. The van der Waals surface area contributed by atoms with Gasteiger partial charge in [-0.05, 0) is 0 Å². The van der Waals surface area contributed by atoms with Crippen molar-refractivity contribution < 1.29 is 15.3 Å². The number of aliphatic hydroxyl groups is 3. The van der Waals surface area contributed by atoms with Crippen LogP contribution < -0.4 is 0 Å². The zero-order valence-electron chi connectivity index (χ0n) is 3.17. The Labute approximate surface area is 57.2 Å². The Morgan fingerprint density at radius 3 is 1.29 bits per heavy atom. The SMILES string of the molecule is OC(O)(O)C(Br)Br. The maximum atomic E-state index is 8.11. The maximum Gasteiger partial charge on any atom is 0.299 e. The summed E-state index contributed by atoms with van der Waals surface area (Å²) >= 11 is 5.32. The first-order valence-electron chi connectivity index (χ1n) is 1.40. The number of halogens is 2. The van der Waals surface area contributed by atoms with Crippen LogP contribution in [0.4, 0.5) is 0 Å². The van der Waals surface area contributed by atoms with Gasteiger partial charge in [0.25, 0.3) is 5.97 Å². The van der Waals surface area contributed by atoms with E-state index < -0.39 is 9.71 Å². The number of alkyl halides is 2. The second-order valence-electron chi connectivity index (χ2n) is 0.988. The van der Waals surface area contributed by atoms with Gasteiger partial charge < -0.3 is 15.3 Å². The highest BCUT2D eigenvalue weighted by atomic mass is 79.9. The minimum atomic E-state index is -2.67. The van der Waals surface area contributed by atoms with E-state index in [1.54, 1.807) is 0 Å². The van der Waals surface area contributed by atoms with Crippen LogP contribution in [0.15, 0.2) is 0 Å². The largest absolute Gasteiger partial charge is 0.342 e. The van der Waals surface area contributed by atoms with Crippen LogP contribution in [0.5, 0.6) is 0 Å². The third-order valence-corrected chi connectivity index (χ3v) is 1.52. The van der Waals surface area contributed by atoms with E-state index in [1.165, 1.54) is 0 Å². The summed E-state index contributed by atoms with van der Waals surface area (Å²) in [6.45, 7) is 0. The van der Waals surface area contributed by atoms with Gasteiger partial charge in [0.2, 0.25) is 0 Å². The van der Waals surface area contributed by atoms with Gasteiger partial charge in [-0.15, -0.1) is 0 Å². The van der Waals surface area contributed by atoms with Gasteiger partial charge >= 0.3 is 0 Å². The molecule has 0 radical (unpaired) electrons. The van der Waals surface area contributed by atoms with Crippen LogP contribution in [-0.4, -0.2) is 25.0 Å². The summed E-state index contributed by atoms with van der Waals surface area (Å²) in [5.74, 6) is -2.67. The molecule has 5 heteroatoms. The fourth-order valence-corrected chi connectivity index (χ4v) is 0. The van der Waals surface area contributed by atoms with Crippen LogP contribution in [0.2, 0.25) is 0 Å². The van der Waals surface area contributed by atoms with Crippen molar-refractivity contribution in [2.75, 3.05) is 0 Å². The highest BCUT2D eigenvalue weighted by Gasteiger charge is 2.26. The van der Waals surface area contributed by atoms with E-state index in [0.717, 1.165) is 0 Å².